The van der Waals surface area contributed by atoms with Gasteiger partial charge >= 0.3 is 0 Å². The molecule has 1 atom stereocenters. The second-order valence-electron chi connectivity index (χ2n) is 8.56. The van der Waals surface area contributed by atoms with Crippen molar-refractivity contribution in [3.05, 3.63) is 64.5 Å². The van der Waals surface area contributed by atoms with E-state index in [1.807, 2.05) is 0 Å². The molecule has 0 radical (unpaired) electrons. The van der Waals surface area contributed by atoms with Crippen molar-refractivity contribution in [3.8, 4) is 0 Å². The van der Waals surface area contributed by atoms with Gasteiger partial charge in [-0.1, -0.05) is 52.0 Å². The summed E-state index contributed by atoms with van der Waals surface area (Å²) in [7, 11) is 3.36. The van der Waals surface area contributed by atoms with E-state index >= 15 is 0 Å². The Bertz CT molecular complexity index is 855. The number of hydrogen-bond donors (Lipinski definition) is 1. The van der Waals surface area contributed by atoms with E-state index in [1.165, 1.54) is 10.5 Å². The van der Waals surface area contributed by atoms with Crippen LogP contribution in [0.1, 0.15) is 71.4 Å². The lowest BCUT2D eigenvalue weighted by Crippen LogP contribution is -2.32. The van der Waals surface area contributed by atoms with Crippen molar-refractivity contribution >= 4 is 11.8 Å². The molecule has 2 rings (SSSR count). The molecule has 1 aromatic carbocycles. The van der Waals surface area contributed by atoms with Crippen LogP contribution in [0.4, 0.5) is 0 Å². The van der Waals surface area contributed by atoms with Gasteiger partial charge in [0.25, 0.3) is 11.8 Å². The molecule has 0 spiro atoms. The van der Waals surface area contributed by atoms with Gasteiger partial charge in [0.2, 0.25) is 0 Å². The molecule has 1 unspecified atom stereocenters. The van der Waals surface area contributed by atoms with Crippen LogP contribution in [0.2, 0.25) is 0 Å². The zero-order chi connectivity index (χ0) is 21.7. The van der Waals surface area contributed by atoms with Gasteiger partial charge in [-0.3, -0.25) is 9.59 Å². The van der Waals surface area contributed by atoms with Gasteiger partial charge in [-0.25, -0.2) is 4.98 Å². The van der Waals surface area contributed by atoms with Crippen molar-refractivity contribution in [2.24, 2.45) is 11.8 Å². The summed E-state index contributed by atoms with van der Waals surface area (Å²) < 4.78 is 0. The number of hydrogen-bond acceptors (Lipinski definition) is 3. The highest BCUT2D eigenvalue weighted by Crippen LogP contribution is 2.24. The predicted molar refractivity (Wildman–Crippen MR) is 117 cm³/mol. The first-order valence-electron chi connectivity index (χ1n) is 10.2. The van der Waals surface area contributed by atoms with Gasteiger partial charge in [0.15, 0.2) is 0 Å². The minimum Gasteiger partial charge on any atom is -0.345 e. The minimum absolute atomic E-state index is 0.0990. The van der Waals surface area contributed by atoms with Crippen LogP contribution in [0.25, 0.3) is 0 Å². The number of aromatic nitrogens is 1. The van der Waals surface area contributed by atoms with E-state index in [0.717, 1.165) is 12.0 Å². The van der Waals surface area contributed by atoms with E-state index in [2.05, 4.69) is 62.3 Å². The number of nitrogens with one attached hydrogen (secondary N) is 1. The van der Waals surface area contributed by atoms with Crippen molar-refractivity contribution in [1.82, 2.24) is 15.2 Å². The third-order valence-corrected chi connectivity index (χ3v) is 4.89. The van der Waals surface area contributed by atoms with Crippen molar-refractivity contribution in [2.75, 3.05) is 14.1 Å². The number of amides is 2. The molecule has 0 bridgehead atoms. The fraction of sp³-hybridized carbons (Fsp3) is 0.458. The normalized spacial score (nSPS) is 12.2. The molecule has 0 fully saturated rings. The Hall–Kier alpha value is -2.69. The van der Waals surface area contributed by atoms with E-state index in [9.17, 15) is 9.59 Å². The lowest BCUT2D eigenvalue weighted by atomic mass is 9.93. The molecule has 1 aromatic heterocycles. The quantitative estimate of drug-likeness (QED) is 0.755. The van der Waals surface area contributed by atoms with Crippen LogP contribution in [0.5, 0.6) is 0 Å². The molecule has 0 aliphatic carbocycles. The SMILES string of the molecule is Cc1nc(C(=O)N(C)C)ccc1C(=O)NC(c1ccc(CC(C)C)cc1)C(C)C. The Morgan fingerprint density at radius 1 is 1.00 bits per heavy atom. The highest BCUT2D eigenvalue weighted by Gasteiger charge is 2.21. The molecule has 0 saturated carbocycles. The van der Waals surface area contributed by atoms with Crippen molar-refractivity contribution in [2.45, 2.75) is 47.1 Å². The summed E-state index contributed by atoms with van der Waals surface area (Å²) in [6.07, 6.45) is 1.04. The summed E-state index contributed by atoms with van der Waals surface area (Å²) in [4.78, 5) is 30.8. The molecule has 29 heavy (non-hydrogen) atoms. The Labute approximate surface area is 174 Å². The zero-order valence-electron chi connectivity index (χ0n) is 18.6. The molecule has 5 heteroatoms. The van der Waals surface area contributed by atoms with Crippen LogP contribution in [0.3, 0.4) is 0 Å². The summed E-state index contributed by atoms with van der Waals surface area (Å²) >= 11 is 0. The van der Waals surface area contributed by atoms with Crippen molar-refractivity contribution in [3.63, 3.8) is 0 Å². The standard InChI is InChI=1S/C24H33N3O2/c1-15(2)14-18-8-10-19(11-9-18)22(16(3)4)26-23(28)20-12-13-21(25-17(20)5)24(29)27(6)7/h8-13,15-16,22H,14H2,1-7H3,(H,26,28). The largest absolute Gasteiger partial charge is 0.345 e. The number of carbonyl (C=O) groups excluding carboxylic acids is 2. The summed E-state index contributed by atoms with van der Waals surface area (Å²) in [6.45, 7) is 10.4. The van der Waals surface area contributed by atoms with Gasteiger partial charge in [-0.05, 0) is 48.4 Å². The number of aryl methyl sites for hydroxylation is 1. The van der Waals surface area contributed by atoms with E-state index in [1.54, 1.807) is 33.2 Å². The van der Waals surface area contributed by atoms with Crippen LogP contribution < -0.4 is 5.32 Å². The molecular weight excluding hydrogens is 362 g/mol. The summed E-state index contributed by atoms with van der Waals surface area (Å²) in [5.74, 6) is 0.488. The predicted octanol–water partition coefficient (Wildman–Crippen LogP) is 4.42. The molecule has 5 nitrogen and oxygen atoms in total. The van der Waals surface area contributed by atoms with Gasteiger partial charge in [-0.15, -0.1) is 0 Å². The smallest absolute Gasteiger partial charge is 0.271 e. The van der Waals surface area contributed by atoms with Crippen molar-refractivity contribution < 1.29 is 9.59 Å². The van der Waals surface area contributed by atoms with Gasteiger partial charge < -0.3 is 10.2 Å². The maximum absolute atomic E-state index is 12.9. The van der Waals surface area contributed by atoms with Crippen LogP contribution in [-0.4, -0.2) is 35.8 Å². The molecule has 0 aliphatic rings. The van der Waals surface area contributed by atoms with Gasteiger partial charge in [0.1, 0.15) is 5.69 Å². The van der Waals surface area contributed by atoms with Crippen LogP contribution in [0, 0.1) is 18.8 Å². The molecular formula is C24H33N3O2. The van der Waals surface area contributed by atoms with Crippen LogP contribution >= 0.6 is 0 Å². The van der Waals surface area contributed by atoms with E-state index in [0.29, 0.717) is 22.9 Å². The Morgan fingerprint density at radius 3 is 2.10 bits per heavy atom. The lowest BCUT2D eigenvalue weighted by molar-refractivity contribution is 0.0820. The summed E-state index contributed by atoms with van der Waals surface area (Å²) in [5, 5.41) is 3.15. The van der Waals surface area contributed by atoms with Gasteiger partial charge in [-0.2, -0.15) is 0 Å². The molecule has 1 heterocycles. The third kappa shape index (κ3) is 5.89. The van der Waals surface area contributed by atoms with Crippen LogP contribution in [0.15, 0.2) is 36.4 Å². The first-order valence-corrected chi connectivity index (χ1v) is 10.2. The number of carbonyl (C=O) groups is 2. The highest BCUT2D eigenvalue weighted by molar-refractivity contribution is 5.97. The van der Waals surface area contributed by atoms with E-state index < -0.39 is 0 Å². The summed E-state index contributed by atoms with van der Waals surface area (Å²) in [6, 6.07) is 11.7. The molecule has 156 valence electrons. The second-order valence-corrected chi connectivity index (χ2v) is 8.56. The average molecular weight is 396 g/mol. The van der Waals surface area contributed by atoms with Gasteiger partial charge in [0.05, 0.1) is 17.3 Å². The Morgan fingerprint density at radius 2 is 1.62 bits per heavy atom. The van der Waals surface area contributed by atoms with E-state index in [4.69, 9.17) is 0 Å². The maximum atomic E-state index is 12.9. The zero-order valence-corrected chi connectivity index (χ0v) is 18.6. The topological polar surface area (TPSA) is 62.3 Å². The van der Waals surface area contributed by atoms with Crippen LogP contribution in [-0.2, 0) is 6.42 Å². The van der Waals surface area contributed by atoms with Gasteiger partial charge in [0, 0.05) is 14.1 Å². The number of rotatable bonds is 7. The molecule has 0 aliphatic heterocycles. The average Bonchev–Trinajstić information content (AvgIpc) is 2.65. The number of benzene rings is 1. The first kappa shape index (κ1) is 22.6. The second kappa shape index (κ2) is 9.68. The first-order chi connectivity index (χ1) is 13.6. The van der Waals surface area contributed by atoms with Crippen molar-refractivity contribution in [1.29, 1.82) is 0 Å². The molecule has 2 aromatic rings. The Kier molecular flexibility index (Phi) is 7.54. The minimum atomic E-state index is -0.179. The molecule has 1 N–H and O–H groups in total. The Balaban J connectivity index is 2.20. The fourth-order valence-electron chi connectivity index (χ4n) is 3.34. The number of nitrogens with zero attached hydrogens (tertiary/aromatic N) is 2. The third-order valence-electron chi connectivity index (χ3n) is 4.89. The molecule has 2 amide bonds. The maximum Gasteiger partial charge on any atom is 0.271 e. The monoisotopic (exact) mass is 395 g/mol. The fourth-order valence-corrected chi connectivity index (χ4v) is 3.34. The molecule has 0 saturated heterocycles. The van der Waals surface area contributed by atoms with E-state index in [-0.39, 0.29) is 23.8 Å². The number of pyridine rings is 1. The lowest BCUT2D eigenvalue weighted by Gasteiger charge is -2.24. The highest BCUT2D eigenvalue weighted by atomic mass is 16.2. The summed E-state index contributed by atoms with van der Waals surface area (Å²) in [5.41, 5.74) is 3.77.